The molecule has 0 aliphatic rings. The summed E-state index contributed by atoms with van der Waals surface area (Å²) < 4.78 is 3.34. The third-order valence-electron chi connectivity index (χ3n) is 6.86. The van der Waals surface area contributed by atoms with E-state index in [0.29, 0.717) is 5.92 Å². The van der Waals surface area contributed by atoms with E-state index in [1.165, 1.54) is 84.7 Å². The van der Waals surface area contributed by atoms with Gasteiger partial charge in [-0.05, 0) is 17.0 Å². The number of rotatable bonds is 3. The zero-order chi connectivity index (χ0) is 26.4. The van der Waals surface area contributed by atoms with Crippen LogP contribution in [0, 0.1) is 13.8 Å². The summed E-state index contributed by atoms with van der Waals surface area (Å²) in [5.74, 6) is 0.584. The van der Waals surface area contributed by atoms with Crippen molar-refractivity contribution in [1.29, 1.82) is 0 Å². The average molecular weight is 558 g/mol. The molecule has 1 heteroatoms. The summed E-state index contributed by atoms with van der Waals surface area (Å²) in [6, 6.07) is 41.4. The van der Waals surface area contributed by atoms with Crippen molar-refractivity contribution < 1.29 is 24.2 Å². The molecule has 0 saturated heterocycles. The first-order valence-corrected chi connectivity index (χ1v) is 14.6. The van der Waals surface area contributed by atoms with Crippen molar-refractivity contribution in [3.8, 4) is 22.3 Å². The third-order valence-corrected chi connectivity index (χ3v) is 6.86. The molecule has 6 rings (SSSR count). The van der Waals surface area contributed by atoms with Gasteiger partial charge >= 0.3 is 28.4 Å². The fourth-order valence-corrected chi connectivity index (χ4v) is 4.92. The molecule has 37 heavy (non-hydrogen) atoms. The Bertz CT molecular complexity index is 1580. The predicted molar refractivity (Wildman–Crippen MR) is 161 cm³/mol. The first kappa shape index (κ1) is 26.9. The zero-order valence-corrected chi connectivity index (χ0v) is 24.7. The summed E-state index contributed by atoms with van der Waals surface area (Å²) >= 11 is 1.30. The summed E-state index contributed by atoms with van der Waals surface area (Å²) in [6.07, 6.45) is 0. The van der Waals surface area contributed by atoms with Crippen LogP contribution in [0.2, 0.25) is 0 Å². The Labute approximate surface area is 236 Å². The van der Waals surface area contributed by atoms with Gasteiger partial charge in [-0.25, -0.2) is 0 Å². The number of hydrogen-bond acceptors (Lipinski definition) is 0. The van der Waals surface area contributed by atoms with Crippen LogP contribution in [0.4, 0.5) is 0 Å². The van der Waals surface area contributed by atoms with E-state index in [-0.39, 0.29) is 0 Å². The van der Waals surface area contributed by atoms with E-state index in [2.05, 4.69) is 147 Å². The quantitative estimate of drug-likeness (QED) is 0.190. The van der Waals surface area contributed by atoms with Crippen molar-refractivity contribution in [2.75, 3.05) is 0 Å². The summed E-state index contributed by atoms with van der Waals surface area (Å²) in [5.41, 5.74) is 9.37. The molecule has 0 aliphatic carbocycles. The van der Waals surface area contributed by atoms with Crippen LogP contribution in [0.15, 0.2) is 115 Å². The number of aryl methyl sites for hydroxylation is 2. The van der Waals surface area contributed by atoms with E-state index < -0.39 is 0 Å². The molecular formula is C36H34Zr. The molecule has 0 amide bonds. The molecule has 0 atom stereocenters. The number of fused-ring (bicyclic) bond motifs is 2. The van der Waals surface area contributed by atoms with E-state index in [1.807, 2.05) is 0 Å². The molecule has 6 aromatic rings. The molecule has 6 aromatic carbocycles. The van der Waals surface area contributed by atoms with Gasteiger partial charge in [-0.3, -0.25) is 0 Å². The van der Waals surface area contributed by atoms with E-state index >= 15 is 0 Å². The van der Waals surface area contributed by atoms with E-state index in [4.69, 9.17) is 0 Å². The fourth-order valence-electron chi connectivity index (χ4n) is 4.92. The zero-order valence-electron chi connectivity index (χ0n) is 22.3. The van der Waals surface area contributed by atoms with Crippen molar-refractivity contribution >= 4 is 25.8 Å². The minimum absolute atomic E-state index is 0.584. The monoisotopic (exact) mass is 556 g/mol. The van der Waals surface area contributed by atoms with Crippen LogP contribution >= 0.6 is 0 Å². The number of hydrogen-bond donors (Lipinski definition) is 0. The van der Waals surface area contributed by atoms with Crippen LogP contribution < -0.4 is 0 Å². The molecule has 0 saturated carbocycles. The van der Waals surface area contributed by atoms with Crippen molar-refractivity contribution in [2.45, 2.75) is 33.6 Å². The average Bonchev–Trinajstić information content (AvgIpc) is 3.56. The molecule has 0 radical (unpaired) electrons. The first-order valence-electron chi connectivity index (χ1n) is 12.8. The number of benzene rings is 4. The normalized spacial score (nSPS) is 10.7. The molecule has 0 heterocycles. The minimum atomic E-state index is 0.584. The van der Waals surface area contributed by atoms with Gasteiger partial charge in [-0.1, -0.05) is 112 Å². The second-order valence-electron chi connectivity index (χ2n) is 9.77. The molecule has 0 fully saturated rings. The van der Waals surface area contributed by atoms with Crippen molar-refractivity contribution in [1.82, 2.24) is 0 Å². The molecule has 0 bridgehead atoms. The Hall–Kier alpha value is -3.15. The van der Waals surface area contributed by atoms with Crippen LogP contribution in [0.3, 0.4) is 0 Å². The Morgan fingerprint density at radius 2 is 1.22 bits per heavy atom. The van der Waals surface area contributed by atoms with Gasteiger partial charge < -0.3 is 0 Å². The summed E-state index contributed by atoms with van der Waals surface area (Å²) in [6.45, 7) is 8.83. The first-order chi connectivity index (χ1) is 18.0. The Morgan fingerprint density at radius 1 is 0.622 bits per heavy atom. The van der Waals surface area contributed by atoms with Gasteiger partial charge in [-0.15, -0.1) is 68.6 Å². The van der Waals surface area contributed by atoms with E-state index in [1.54, 1.807) is 0 Å². The third kappa shape index (κ3) is 6.06. The maximum absolute atomic E-state index is 3.34. The van der Waals surface area contributed by atoms with Gasteiger partial charge in [0.05, 0.1) is 0 Å². The van der Waals surface area contributed by atoms with Crippen LogP contribution in [-0.2, 0) is 24.2 Å². The van der Waals surface area contributed by atoms with Crippen molar-refractivity contribution in [2.24, 2.45) is 0 Å². The fraction of sp³-hybridized carbons (Fsp3) is 0.139. The Balaban J connectivity index is 0.000000162. The van der Waals surface area contributed by atoms with Crippen molar-refractivity contribution in [3.63, 3.8) is 0 Å². The Morgan fingerprint density at radius 3 is 1.81 bits per heavy atom. The van der Waals surface area contributed by atoms with E-state index in [0.717, 1.165) is 0 Å². The molecule has 0 nitrogen and oxygen atoms in total. The standard InChI is InChI=1S/C18H17.C17H15.CH2.Zr/c1-13(2)16-11-15-9-6-10-17(18(15)12-16)14-7-4-3-5-8-14;1-12-10-16-13(2)8-9-15(17(16)11-12)14-6-4-3-5-7-14;;/h3-13H,1-2H3;3-11H,1-2H3;1H2;/q2*-1;;+2. The second kappa shape index (κ2) is 12.4. The van der Waals surface area contributed by atoms with Crippen LogP contribution in [0.25, 0.3) is 43.8 Å². The molecule has 0 N–H and O–H groups in total. The van der Waals surface area contributed by atoms with Crippen LogP contribution in [0.1, 0.15) is 36.5 Å². The van der Waals surface area contributed by atoms with Gasteiger partial charge in [-0.2, -0.15) is 12.1 Å². The second-order valence-corrected chi connectivity index (χ2v) is 9.77. The van der Waals surface area contributed by atoms with Gasteiger partial charge in [0.25, 0.3) is 0 Å². The van der Waals surface area contributed by atoms with Gasteiger partial charge in [0.15, 0.2) is 0 Å². The molecule has 0 aliphatic heterocycles. The molecule has 182 valence electrons. The summed E-state index contributed by atoms with van der Waals surface area (Å²) in [5, 5.41) is 5.46. The van der Waals surface area contributed by atoms with Crippen molar-refractivity contribution in [3.05, 3.63) is 132 Å². The Kier molecular flexibility index (Phi) is 9.01. The van der Waals surface area contributed by atoms with Gasteiger partial charge in [0, 0.05) is 0 Å². The molecule has 0 aromatic heterocycles. The molecule has 0 unspecified atom stereocenters. The van der Waals surface area contributed by atoms with Crippen LogP contribution in [-0.4, -0.2) is 4.21 Å². The van der Waals surface area contributed by atoms with Gasteiger partial charge in [0.1, 0.15) is 0 Å². The molecule has 0 spiro atoms. The van der Waals surface area contributed by atoms with Crippen LogP contribution in [0.5, 0.6) is 0 Å². The topological polar surface area (TPSA) is 0 Å². The van der Waals surface area contributed by atoms with E-state index in [9.17, 15) is 0 Å². The molecular weight excluding hydrogens is 524 g/mol. The van der Waals surface area contributed by atoms with Gasteiger partial charge in [0.2, 0.25) is 0 Å². The predicted octanol–water partition coefficient (Wildman–Crippen LogP) is 10.2. The summed E-state index contributed by atoms with van der Waals surface area (Å²) in [7, 11) is 0. The maximum atomic E-state index is 3.34. The SMILES string of the molecule is CC(C)c1cc2c(-c3ccccc3)cccc2[cH-]1.Cc1cc2c(-c3ccccc3)ccc(C)c2[cH-]1.[CH2]=[Zr+2]. The summed E-state index contributed by atoms with van der Waals surface area (Å²) in [4.78, 5) is 0.